The standard InChI is InChI=1S/C17H14F5N3S/c1-26-13-4-2-10(3-5-13)11-6-12(9-23-8-11)14-7-15(25-24-14)16(18,19)17(20,21)22/h2-6,8-9,14,24H,7H2,1H3. The van der Waals surface area contributed by atoms with E-state index in [1.807, 2.05) is 30.5 Å². The van der Waals surface area contributed by atoms with Crippen LogP contribution in [0.25, 0.3) is 11.1 Å². The second-order valence-corrected chi connectivity index (χ2v) is 6.63. The molecule has 138 valence electrons. The second kappa shape index (κ2) is 6.86. The Labute approximate surface area is 150 Å². The van der Waals surface area contributed by atoms with E-state index in [0.29, 0.717) is 5.56 Å². The van der Waals surface area contributed by atoms with Gasteiger partial charge in [0, 0.05) is 29.3 Å². The number of nitrogens with one attached hydrogen (secondary N) is 1. The van der Waals surface area contributed by atoms with Gasteiger partial charge in [0.15, 0.2) is 0 Å². The monoisotopic (exact) mass is 387 g/mol. The summed E-state index contributed by atoms with van der Waals surface area (Å²) in [7, 11) is 0. The predicted molar refractivity (Wildman–Crippen MR) is 90.4 cm³/mol. The molecule has 0 amide bonds. The first-order valence-corrected chi connectivity index (χ1v) is 8.81. The van der Waals surface area contributed by atoms with Crippen LogP contribution in [0.1, 0.15) is 18.0 Å². The Hall–Kier alpha value is -2.16. The van der Waals surface area contributed by atoms with Crippen LogP contribution in [0.2, 0.25) is 0 Å². The summed E-state index contributed by atoms with van der Waals surface area (Å²) in [6, 6.07) is 8.60. The van der Waals surface area contributed by atoms with Crippen LogP contribution in [0.15, 0.2) is 52.7 Å². The van der Waals surface area contributed by atoms with Gasteiger partial charge < -0.3 is 5.43 Å². The van der Waals surface area contributed by atoms with E-state index in [-0.39, 0.29) is 0 Å². The topological polar surface area (TPSA) is 37.3 Å². The number of hydrogen-bond acceptors (Lipinski definition) is 4. The highest BCUT2D eigenvalue weighted by molar-refractivity contribution is 7.98. The van der Waals surface area contributed by atoms with E-state index in [1.54, 1.807) is 24.0 Å². The van der Waals surface area contributed by atoms with Crippen molar-refractivity contribution in [2.24, 2.45) is 5.10 Å². The van der Waals surface area contributed by atoms with Gasteiger partial charge in [0.2, 0.25) is 0 Å². The molecule has 2 heterocycles. The largest absolute Gasteiger partial charge is 0.459 e. The fraction of sp³-hybridized carbons (Fsp3) is 0.294. The van der Waals surface area contributed by atoms with Crippen molar-refractivity contribution in [1.29, 1.82) is 0 Å². The number of alkyl halides is 5. The Balaban J connectivity index is 1.80. The number of pyridine rings is 1. The van der Waals surface area contributed by atoms with E-state index in [0.717, 1.165) is 16.0 Å². The van der Waals surface area contributed by atoms with E-state index in [1.165, 1.54) is 6.20 Å². The van der Waals surface area contributed by atoms with Gasteiger partial charge in [0.05, 0.1) is 6.04 Å². The lowest BCUT2D eigenvalue weighted by atomic mass is 9.98. The van der Waals surface area contributed by atoms with Gasteiger partial charge in [-0.2, -0.15) is 27.1 Å². The quantitative estimate of drug-likeness (QED) is 0.589. The molecule has 0 saturated heterocycles. The molecule has 1 aliphatic rings. The van der Waals surface area contributed by atoms with Crippen molar-refractivity contribution in [3.8, 4) is 11.1 Å². The first kappa shape index (κ1) is 18.6. The van der Waals surface area contributed by atoms with E-state index in [9.17, 15) is 22.0 Å². The van der Waals surface area contributed by atoms with Gasteiger partial charge in [-0.1, -0.05) is 12.1 Å². The number of hydrogen-bond donors (Lipinski definition) is 1. The molecule has 1 N–H and O–H groups in total. The third kappa shape index (κ3) is 3.53. The van der Waals surface area contributed by atoms with Gasteiger partial charge in [0.25, 0.3) is 0 Å². The van der Waals surface area contributed by atoms with Crippen LogP contribution in [-0.4, -0.2) is 29.1 Å². The molecular formula is C17H14F5N3S. The predicted octanol–water partition coefficient (Wildman–Crippen LogP) is 5.06. The summed E-state index contributed by atoms with van der Waals surface area (Å²) < 4.78 is 64.3. The van der Waals surface area contributed by atoms with Crippen LogP contribution in [-0.2, 0) is 0 Å². The third-order valence-corrected chi connectivity index (χ3v) is 4.80. The molecule has 9 heteroatoms. The number of aromatic nitrogens is 1. The lowest BCUT2D eigenvalue weighted by molar-refractivity contribution is -0.249. The van der Waals surface area contributed by atoms with Crippen molar-refractivity contribution < 1.29 is 22.0 Å². The Morgan fingerprint density at radius 2 is 1.73 bits per heavy atom. The zero-order chi connectivity index (χ0) is 18.9. The SMILES string of the molecule is CSc1ccc(-c2cncc(C3CC(C(F)(F)C(F)(F)F)=NN3)c2)cc1. The molecule has 2 aromatic rings. The first-order chi connectivity index (χ1) is 12.2. The molecule has 0 fully saturated rings. The van der Waals surface area contributed by atoms with Crippen molar-refractivity contribution in [1.82, 2.24) is 10.4 Å². The molecule has 3 nitrogen and oxygen atoms in total. The Morgan fingerprint density at radius 3 is 2.35 bits per heavy atom. The molecule has 1 unspecified atom stereocenters. The van der Waals surface area contributed by atoms with Gasteiger partial charge in [-0.05, 0) is 35.6 Å². The summed E-state index contributed by atoms with van der Waals surface area (Å²) in [6.45, 7) is 0. The van der Waals surface area contributed by atoms with Crippen molar-refractivity contribution in [3.63, 3.8) is 0 Å². The van der Waals surface area contributed by atoms with Crippen LogP contribution in [0.4, 0.5) is 22.0 Å². The average molecular weight is 387 g/mol. The van der Waals surface area contributed by atoms with Gasteiger partial charge in [-0.15, -0.1) is 11.8 Å². The summed E-state index contributed by atoms with van der Waals surface area (Å²) in [5, 5.41) is 3.22. The van der Waals surface area contributed by atoms with E-state index >= 15 is 0 Å². The zero-order valence-electron chi connectivity index (χ0n) is 13.5. The molecule has 0 bridgehead atoms. The highest BCUT2D eigenvalue weighted by atomic mass is 32.2. The minimum Gasteiger partial charge on any atom is -0.302 e. The normalized spacial score (nSPS) is 17.8. The van der Waals surface area contributed by atoms with Gasteiger partial charge in [-0.3, -0.25) is 4.98 Å². The highest BCUT2D eigenvalue weighted by Gasteiger charge is 2.62. The number of benzene rings is 1. The van der Waals surface area contributed by atoms with Gasteiger partial charge >= 0.3 is 12.1 Å². The molecule has 26 heavy (non-hydrogen) atoms. The molecule has 3 rings (SSSR count). The average Bonchev–Trinajstić information content (AvgIpc) is 3.12. The second-order valence-electron chi connectivity index (χ2n) is 5.75. The van der Waals surface area contributed by atoms with Crippen LogP contribution in [0.3, 0.4) is 0 Å². The highest BCUT2D eigenvalue weighted by Crippen LogP contribution is 2.40. The number of halogens is 5. The van der Waals surface area contributed by atoms with Crippen LogP contribution < -0.4 is 5.43 Å². The maximum absolute atomic E-state index is 13.4. The van der Waals surface area contributed by atoms with E-state index in [2.05, 4.69) is 15.5 Å². The Kier molecular flexibility index (Phi) is 4.92. The summed E-state index contributed by atoms with van der Waals surface area (Å²) in [5.74, 6) is -4.95. The van der Waals surface area contributed by atoms with Crippen LogP contribution in [0, 0.1) is 0 Å². The molecule has 0 aliphatic carbocycles. The minimum atomic E-state index is -5.67. The Morgan fingerprint density at radius 1 is 1.04 bits per heavy atom. The molecule has 1 aromatic carbocycles. The van der Waals surface area contributed by atoms with Gasteiger partial charge in [-0.25, -0.2) is 0 Å². The van der Waals surface area contributed by atoms with Crippen molar-refractivity contribution in [2.75, 3.05) is 6.26 Å². The van der Waals surface area contributed by atoms with E-state index < -0.39 is 30.3 Å². The molecule has 0 radical (unpaired) electrons. The number of hydrazone groups is 1. The Bertz CT molecular complexity index is 818. The molecule has 0 spiro atoms. The third-order valence-electron chi connectivity index (χ3n) is 4.06. The molecule has 1 atom stereocenters. The fourth-order valence-electron chi connectivity index (χ4n) is 2.58. The summed E-state index contributed by atoms with van der Waals surface area (Å²) in [4.78, 5) is 5.16. The molecular weight excluding hydrogens is 373 g/mol. The van der Waals surface area contributed by atoms with Gasteiger partial charge in [0.1, 0.15) is 5.71 Å². The lowest BCUT2D eigenvalue weighted by Gasteiger charge is -2.19. The van der Waals surface area contributed by atoms with Crippen LogP contribution >= 0.6 is 11.8 Å². The summed E-state index contributed by atoms with van der Waals surface area (Å²) >= 11 is 1.60. The van der Waals surface area contributed by atoms with Crippen molar-refractivity contribution >= 4 is 17.5 Å². The summed E-state index contributed by atoms with van der Waals surface area (Å²) in [5.41, 5.74) is 3.25. The van der Waals surface area contributed by atoms with Crippen molar-refractivity contribution in [3.05, 3.63) is 48.3 Å². The first-order valence-electron chi connectivity index (χ1n) is 7.59. The van der Waals surface area contributed by atoms with Crippen LogP contribution in [0.5, 0.6) is 0 Å². The minimum absolute atomic E-state index is 0.494. The number of thioether (sulfide) groups is 1. The molecule has 0 saturated carbocycles. The zero-order valence-corrected chi connectivity index (χ0v) is 14.3. The van der Waals surface area contributed by atoms with Crippen molar-refractivity contribution in [2.45, 2.75) is 29.5 Å². The summed E-state index contributed by atoms with van der Waals surface area (Å²) in [6.07, 6.45) is -1.21. The molecule has 1 aromatic heterocycles. The van der Waals surface area contributed by atoms with E-state index in [4.69, 9.17) is 0 Å². The lowest BCUT2D eigenvalue weighted by Crippen LogP contribution is -2.43. The maximum atomic E-state index is 13.4. The fourth-order valence-corrected chi connectivity index (χ4v) is 2.99. The number of nitrogens with zero attached hydrogens (tertiary/aromatic N) is 2. The molecule has 1 aliphatic heterocycles. The number of rotatable bonds is 4. The maximum Gasteiger partial charge on any atom is 0.459 e. The smallest absolute Gasteiger partial charge is 0.302 e.